The molecule has 0 aromatic carbocycles. The molecule has 1 aliphatic rings. The Labute approximate surface area is 145 Å². The third-order valence-electron chi connectivity index (χ3n) is 5.15. The molecule has 0 saturated carbocycles. The fourth-order valence-corrected chi connectivity index (χ4v) is 3.08. The largest absolute Gasteiger partial charge is 0.369 e. The number of nitrogens with two attached hydrogens (primary N) is 1. The molecule has 1 radical (unpaired) electrons. The number of primary amides is 1. The van der Waals surface area contributed by atoms with Crippen LogP contribution in [0, 0.1) is 23.2 Å². The van der Waals surface area contributed by atoms with Crippen molar-refractivity contribution in [3.63, 3.8) is 0 Å². The molecule has 1 fully saturated rings. The summed E-state index contributed by atoms with van der Waals surface area (Å²) >= 11 is 0. The Hall–Kier alpha value is -1.61. The van der Waals surface area contributed by atoms with Gasteiger partial charge in [-0.05, 0) is 32.1 Å². The highest BCUT2D eigenvalue weighted by atomic mass is 16.2. The molecule has 0 aromatic heterocycles. The summed E-state index contributed by atoms with van der Waals surface area (Å²) in [6.45, 7) is 9.38. The number of nitrogens with zero attached hydrogens (tertiary/aromatic N) is 2. The summed E-state index contributed by atoms with van der Waals surface area (Å²) in [5.74, 6) is -0.748. The van der Waals surface area contributed by atoms with Gasteiger partial charge in [0.05, 0.1) is 12.5 Å². The maximum atomic E-state index is 12.2. The van der Waals surface area contributed by atoms with E-state index >= 15 is 0 Å². The Balaban J connectivity index is 2.58. The van der Waals surface area contributed by atoms with Crippen LogP contribution in [0.4, 0.5) is 0 Å². The van der Waals surface area contributed by atoms with Gasteiger partial charge < -0.3 is 16.0 Å². The van der Waals surface area contributed by atoms with Crippen molar-refractivity contribution in [2.75, 3.05) is 13.1 Å². The minimum Gasteiger partial charge on any atom is -0.369 e. The lowest BCUT2D eigenvalue weighted by Crippen LogP contribution is -2.56. The smallest absolute Gasteiger partial charge is 0.225 e. The molecular weight excluding hydrogens is 304 g/mol. The van der Waals surface area contributed by atoms with Crippen LogP contribution >= 0.6 is 0 Å². The second-order valence-electron chi connectivity index (χ2n) is 7.35. The van der Waals surface area contributed by atoms with Crippen molar-refractivity contribution in [2.24, 2.45) is 11.1 Å². The summed E-state index contributed by atoms with van der Waals surface area (Å²) in [7, 11) is 0. The highest BCUT2D eigenvalue weighted by molar-refractivity contribution is 5.87. The normalized spacial score (nSPS) is 18.2. The molecule has 1 aliphatic heterocycles. The van der Waals surface area contributed by atoms with E-state index in [1.165, 1.54) is 6.42 Å². The number of rotatable bonds is 8. The number of piperidine rings is 1. The van der Waals surface area contributed by atoms with Gasteiger partial charge in [0.1, 0.15) is 5.54 Å². The average molecular weight is 335 g/mol. The number of likely N-dealkylation sites (tertiary alicyclic amines) is 1. The summed E-state index contributed by atoms with van der Waals surface area (Å²) in [6, 6.07) is 2.84. The van der Waals surface area contributed by atoms with Crippen LogP contribution in [0.1, 0.15) is 59.8 Å². The van der Waals surface area contributed by atoms with Gasteiger partial charge in [-0.3, -0.25) is 9.59 Å². The number of hydrogen-bond acceptors (Lipinski definition) is 4. The molecule has 0 spiro atoms. The molecule has 1 rings (SSSR count). The van der Waals surface area contributed by atoms with Gasteiger partial charge in [0.25, 0.3) is 0 Å². The van der Waals surface area contributed by atoms with Crippen molar-refractivity contribution in [3.8, 4) is 6.07 Å². The van der Waals surface area contributed by atoms with Gasteiger partial charge in [-0.2, -0.15) is 5.26 Å². The molecule has 0 atom stereocenters. The fraction of sp³-hybridized carbons (Fsp3) is 0.778. The van der Waals surface area contributed by atoms with Crippen molar-refractivity contribution in [2.45, 2.75) is 71.4 Å². The van der Waals surface area contributed by atoms with Crippen molar-refractivity contribution in [3.05, 3.63) is 6.42 Å². The maximum Gasteiger partial charge on any atom is 0.225 e. The van der Waals surface area contributed by atoms with Crippen LogP contribution in [0.15, 0.2) is 0 Å². The van der Waals surface area contributed by atoms with Gasteiger partial charge in [-0.15, -0.1) is 0 Å². The summed E-state index contributed by atoms with van der Waals surface area (Å²) in [4.78, 5) is 25.9. The van der Waals surface area contributed by atoms with Gasteiger partial charge in [-0.1, -0.05) is 27.7 Å². The lowest BCUT2D eigenvalue weighted by Gasteiger charge is -2.41. The van der Waals surface area contributed by atoms with Crippen LogP contribution in [-0.4, -0.2) is 41.4 Å². The SMILES string of the molecule is CCC(CC)N1CCC(C#N)(NC(=O)[CH]CC(C)(C)C(N)=O)CC1. The van der Waals surface area contributed by atoms with Crippen LogP contribution in [-0.2, 0) is 9.59 Å². The van der Waals surface area contributed by atoms with Crippen LogP contribution in [0.3, 0.4) is 0 Å². The topological polar surface area (TPSA) is 99.2 Å². The van der Waals surface area contributed by atoms with Gasteiger partial charge in [0, 0.05) is 24.5 Å². The number of amides is 2. The van der Waals surface area contributed by atoms with E-state index in [0.717, 1.165) is 25.9 Å². The molecule has 0 aromatic rings. The first kappa shape index (κ1) is 20.4. The lowest BCUT2D eigenvalue weighted by atomic mass is 9.85. The molecular formula is C18H31N4O2. The zero-order valence-electron chi connectivity index (χ0n) is 15.4. The van der Waals surface area contributed by atoms with E-state index in [4.69, 9.17) is 5.73 Å². The fourth-order valence-electron chi connectivity index (χ4n) is 3.08. The highest BCUT2D eigenvalue weighted by Gasteiger charge is 2.37. The number of nitriles is 1. The summed E-state index contributed by atoms with van der Waals surface area (Å²) in [6.07, 6.45) is 5.13. The average Bonchev–Trinajstić information content (AvgIpc) is 2.55. The van der Waals surface area contributed by atoms with Gasteiger partial charge >= 0.3 is 0 Å². The van der Waals surface area contributed by atoms with Gasteiger partial charge in [-0.25, -0.2) is 0 Å². The Morgan fingerprint density at radius 3 is 2.29 bits per heavy atom. The van der Waals surface area contributed by atoms with Gasteiger partial charge in [0.15, 0.2) is 0 Å². The van der Waals surface area contributed by atoms with Gasteiger partial charge in [0.2, 0.25) is 11.8 Å². The minimum atomic E-state index is -0.813. The molecule has 3 N–H and O–H groups in total. The predicted molar refractivity (Wildman–Crippen MR) is 93.6 cm³/mol. The number of nitrogens with one attached hydrogen (secondary N) is 1. The molecule has 2 amide bonds. The number of carbonyl (C=O) groups is 2. The first-order valence-corrected chi connectivity index (χ1v) is 8.80. The van der Waals surface area contributed by atoms with E-state index in [0.29, 0.717) is 18.9 Å². The predicted octanol–water partition coefficient (Wildman–Crippen LogP) is 1.76. The first-order chi connectivity index (χ1) is 11.2. The second-order valence-corrected chi connectivity index (χ2v) is 7.35. The zero-order valence-corrected chi connectivity index (χ0v) is 15.4. The van der Waals surface area contributed by atoms with E-state index in [2.05, 4.69) is 30.1 Å². The van der Waals surface area contributed by atoms with Crippen molar-refractivity contribution in [1.29, 1.82) is 5.26 Å². The molecule has 6 nitrogen and oxygen atoms in total. The maximum absolute atomic E-state index is 12.2. The summed E-state index contributed by atoms with van der Waals surface area (Å²) in [5, 5.41) is 12.4. The molecule has 6 heteroatoms. The molecule has 135 valence electrons. The second kappa shape index (κ2) is 8.48. The molecule has 0 unspecified atom stereocenters. The van der Waals surface area contributed by atoms with Crippen LogP contribution in [0.25, 0.3) is 0 Å². The van der Waals surface area contributed by atoms with E-state index in [1.54, 1.807) is 13.8 Å². The van der Waals surface area contributed by atoms with Crippen molar-refractivity contribution >= 4 is 11.8 Å². The van der Waals surface area contributed by atoms with Crippen molar-refractivity contribution in [1.82, 2.24) is 10.2 Å². The Kier molecular flexibility index (Phi) is 7.22. The summed E-state index contributed by atoms with van der Waals surface area (Å²) < 4.78 is 0. The number of hydrogen-bond donors (Lipinski definition) is 2. The quantitative estimate of drug-likeness (QED) is 0.706. The zero-order chi connectivity index (χ0) is 18.4. The Morgan fingerprint density at radius 1 is 1.33 bits per heavy atom. The van der Waals surface area contributed by atoms with Crippen LogP contribution in [0.2, 0.25) is 0 Å². The van der Waals surface area contributed by atoms with Crippen molar-refractivity contribution < 1.29 is 9.59 Å². The lowest BCUT2D eigenvalue weighted by molar-refractivity contribution is -0.126. The Bertz CT molecular complexity index is 484. The van der Waals surface area contributed by atoms with E-state index in [9.17, 15) is 14.9 Å². The highest BCUT2D eigenvalue weighted by Crippen LogP contribution is 2.26. The molecule has 1 heterocycles. The van der Waals surface area contributed by atoms with E-state index in [1.807, 2.05) is 0 Å². The minimum absolute atomic E-state index is 0.259. The summed E-state index contributed by atoms with van der Waals surface area (Å²) in [5.41, 5.74) is 3.73. The number of carbonyl (C=O) groups excluding carboxylic acids is 2. The molecule has 1 saturated heterocycles. The molecule has 0 aliphatic carbocycles. The standard InChI is InChI=1S/C18H31N4O2/c1-5-14(6-2)22-11-9-18(13-19,10-12-22)21-15(23)7-8-17(3,4)16(20)24/h7,14H,5-6,8-12H2,1-4H3,(H2,20,24)(H,21,23). The van der Waals surface area contributed by atoms with E-state index in [-0.39, 0.29) is 12.3 Å². The third-order valence-corrected chi connectivity index (χ3v) is 5.15. The molecule has 24 heavy (non-hydrogen) atoms. The van der Waals surface area contributed by atoms with E-state index < -0.39 is 16.9 Å². The van der Waals surface area contributed by atoms with Crippen LogP contribution < -0.4 is 11.1 Å². The monoisotopic (exact) mass is 335 g/mol. The first-order valence-electron chi connectivity index (χ1n) is 8.80. The third kappa shape index (κ3) is 5.20. The van der Waals surface area contributed by atoms with Crippen LogP contribution in [0.5, 0.6) is 0 Å². The Morgan fingerprint density at radius 2 is 1.88 bits per heavy atom. The molecule has 0 bridgehead atoms.